The van der Waals surface area contributed by atoms with Crippen LogP contribution in [0.15, 0.2) is 42.5 Å². The highest BCUT2D eigenvalue weighted by Crippen LogP contribution is 2.27. The standard InChI is InChI=1S/C23H29ClN2O3S/c1-17-14-21(24)12-13-22(17)26(30(2,28)29)16-19-8-10-20(11-9-19)23(27)25-15-18-6-4-3-5-7-18/h8-14,18H,3-7,15-16H2,1-2H3,(H,25,27). The number of nitrogens with one attached hydrogen (secondary N) is 1. The van der Waals surface area contributed by atoms with Gasteiger partial charge in [0, 0.05) is 17.1 Å². The second kappa shape index (κ2) is 9.84. The molecule has 0 radical (unpaired) electrons. The fourth-order valence-corrected chi connectivity index (χ4v) is 5.11. The van der Waals surface area contributed by atoms with Gasteiger partial charge in [-0.3, -0.25) is 9.10 Å². The second-order valence-electron chi connectivity index (χ2n) is 8.11. The zero-order valence-electron chi connectivity index (χ0n) is 17.5. The van der Waals surface area contributed by atoms with Gasteiger partial charge in [-0.1, -0.05) is 43.0 Å². The third-order valence-electron chi connectivity index (χ3n) is 5.65. The van der Waals surface area contributed by atoms with Crippen LogP contribution in [0.4, 0.5) is 5.69 Å². The van der Waals surface area contributed by atoms with Gasteiger partial charge in [0.15, 0.2) is 0 Å². The highest BCUT2D eigenvalue weighted by molar-refractivity contribution is 7.92. The maximum Gasteiger partial charge on any atom is 0.251 e. The Morgan fingerprint density at radius 3 is 2.37 bits per heavy atom. The molecule has 1 N–H and O–H groups in total. The predicted molar refractivity (Wildman–Crippen MR) is 123 cm³/mol. The van der Waals surface area contributed by atoms with Crippen molar-refractivity contribution in [2.75, 3.05) is 17.1 Å². The van der Waals surface area contributed by atoms with Crippen LogP contribution < -0.4 is 9.62 Å². The van der Waals surface area contributed by atoms with Crippen molar-refractivity contribution in [1.82, 2.24) is 5.32 Å². The van der Waals surface area contributed by atoms with Crippen molar-refractivity contribution < 1.29 is 13.2 Å². The minimum Gasteiger partial charge on any atom is -0.352 e. The van der Waals surface area contributed by atoms with E-state index in [0.717, 1.165) is 17.7 Å². The number of amides is 1. The molecule has 30 heavy (non-hydrogen) atoms. The molecular formula is C23H29ClN2O3S. The highest BCUT2D eigenvalue weighted by Gasteiger charge is 2.20. The van der Waals surface area contributed by atoms with Crippen molar-refractivity contribution in [2.45, 2.75) is 45.6 Å². The summed E-state index contributed by atoms with van der Waals surface area (Å²) in [5, 5.41) is 3.60. The van der Waals surface area contributed by atoms with Crippen molar-refractivity contribution >= 4 is 33.2 Å². The van der Waals surface area contributed by atoms with E-state index >= 15 is 0 Å². The van der Waals surface area contributed by atoms with Gasteiger partial charge < -0.3 is 5.32 Å². The number of halogens is 1. The van der Waals surface area contributed by atoms with Gasteiger partial charge in [-0.15, -0.1) is 0 Å². The molecule has 1 amide bonds. The number of hydrogen-bond donors (Lipinski definition) is 1. The molecule has 1 aliphatic carbocycles. The molecule has 0 atom stereocenters. The van der Waals surface area contributed by atoms with Crippen LogP contribution in [0.3, 0.4) is 0 Å². The Hall–Kier alpha value is -2.05. The fourth-order valence-electron chi connectivity index (χ4n) is 3.94. The summed E-state index contributed by atoms with van der Waals surface area (Å²) >= 11 is 6.01. The molecule has 2 aromatic rings. The molecular weight excluding hydrogens is 420 g/mol. The van der Waals surface area contributed by atoms with Crippen LogP contribution >= 0.6 is 11.6 Å². The lowest BCUT2D eigenvalue weighted by molar-refractivity contribution is 0.0943. The van der Waals surface area contributed by atoms with Gasteiger partial charge in [0.1, 0.15) is 0 Å². The van der Waals surface area contributed by atoms with Gasteiger partial charge in [0.25, 0.3) is 5.91 Å². The second-order valence-corrected chi connectivity index (χ2v) is 10.5. The van der Waals surface area contributed by atoms with Crippen LogP contribution in [-0.2, 0) is 16.6 Å². The lowest BCUT2D eigenvalue weighted by Crippen LogP contribution is -2.31. The molecule has 7 heteroatoms. The monoisotopic (exact) mass is 448 g/mol. The predicted octanol–water partition coefficient (Wildman–Crippen LogP) is 4.92. The van der Waals surface area contributed by atoms with E-state index in [1.807, 2.05) is 6.92 Å². The van der Waals surface area contributed by atoms with Crippen LogP contribution in [0.25, 0.3) is 0 Å². The van der Waals surface area contributed by atoms with E-state index in [4.69, 9.17) is 11.6 Å². The first-order valence-electron chi connectivity index (χ1n) is 10.3. The number of rotatable bonds is 7. The van der Waals surface area contributed by atoms with Gasteiger partial charge in [0.05, 0.1) is 18.5 Å². The molecule has 1 fully saturated rings. The molecule has 5 nitrogen and oxygen atoms in total. The quantitative estimate of drug-likeness (QED) is 0.653. The normalized spacial score (nSPS) is 15.0. The number of hydrogen-bond acceptors (Lipinski definition) is 3. The summed E-state index contributed by atoms with van der Waals surface area (Å²) in [5.41, 5.74) is 2.77. The van der Waals surface area contributed by atoms with E-state index in [0.29, 0.717) is 22.2 Å². The first-order valence-corrected chi connectivity index (χ1v) is 12.6. The first kappa shape index (κ1) is 22.6. The summed E-state index contributed by atoms with van der Waals surface area (Å²) in [4.78, 5) is 12.4. The number of sulfonamides is 1. The zero-order chi connectivity index (χ0) is 21.7. The van der Waals surface area contributed by atoms with E-state index in [9.17, 15) is 13.2 Å². The fraction of sp³-hybridized carbons (Fsp3) is 0.435. The topological polar surface area (TPSA) is 66.5 Å². The molecule has 0 aromatic heterocycles. The van der Waals surface area contributed by atoms with Crippen LogP contribution in [0, 0.1) is 12.8 Å². The van der Waals surface area contributed by atoms with Gasteiger partial charge >= 0.3 is 0 Å². The Labute approximate surface area is 184 Å². The minimum absolute atomic E-state index is 0.0827. The Morgan fingerprint density at radius 2 is 1.77 bits per heavy atom. The average Bonchev–Trinajstić information content (AvgIpc) is 2.71. The van der Waals surface area contributed by atoms with E-state index in [1.54, 1.807) is 42.5 Å². The maximum atomic E-state index is 12.4. The van der Waals surface area contributed by atoms with Gasteiger partial charge in [-0.05, 0) is 67.1 Å². The van der Waals surface area contributed by atoms with Crippen molar-refractivity contribution in [3.05, 3.63) is 64.2 Å². The summed E-state index contributed by atoms with van der Waals surface area (Å²) in [6.45, 7) is 2.74. The van der Waals surface area contributed by atoms with Gasteiger partial charge in [-0.25, -0.2) is 8.42 Å². The molecule has 0 saturated heterocycles. The van der Waals surface area contributed by atoms with E-state index in [2.05, 4.69) is 5.32 Å². The molecule has 2 aromatic carbocycles. The molecule has 1 aliphatic rings. The lowest BCUT2D eigenvalue weighted by Gasteiger charge is -2.24. The SMILES string of the molecule is Cc1cc(Cl)ccc1N(Cc1ccc(C(=O)NCC2CCCCC2)cc1)S(C)(=O)=O. The number of nitrogens with zero attached hydrogens (tertiary/aromatic N) is 1. The number of anilines is 1. The Balaban J connectivity index is 1.68. The molecule has 0 spiro atoms. The van der Waals surface area contributed by atoms with Crippen LogP contribution in [0.1, 0.15) is 53.6 Å². The molecule has 0 heterocycles. The van der Waals surface area contributed by atoms with Crippen molar-refractivity contribution in [1.29, 1.82) is 0 Å². The molecule has 0 aliphatic heterocycles. The van der Waals surface area contributed by atoms with Crippen molar-refractivity contribution in [2.24, 2.45) is 5.92 Å². The number of carbonyl (C=O) groups excluding carboxylic acids is 1. The first-order chi connectivity index (χ1) is 14.2. The summed E-state index contributed by atoms with van der Waals surface area (Å²) in [6, 6.07) is 12.3. The molecule has 0 unspecified atom stereocenters. The van der Waals surface area contributed by atoms with Crippen LogP contribution in [0.2, 0.25) is 5.02 Å². The Kier molecular flexibility index (Phi) is 7.42. The Morgan fingerprint density at radius 1 is 1.10 bits per heavy atom. The number of benzene rings is 2. The molecule has 0 bridgehead atoms. The highest BCUT2D eigenvalue weighted by atomic mass is 35.5. The van der Waals surface area contributed by atoms with Crippen molar-refractivity contribution in [3.8, 4) is 0 Å². The van der Waals surface area contributed by atoms with Crippen molar-refractivity contribution in [3.63, 3.8) is 0 Å². The van der Waals surface area contributed by atoms with Gasteiger partial charge in [0.2, 0.25) is 10.0 Å². The minimum atomic E-state index is -3.49. The smallest absolute Gasteiger partial charge is 0.251 e. The zero-order valence-corrected chi connectivity index (χ0v) is 19.1. The summed E-state index contributed by atoms with van der Waals surface area (Å²) in [7, 11) is -3.49. The third kappa shape index (κ3) is 5.99. The molecule has 3 rings (SSSR count). The largest absolute Gasteiger partial charge is 0.352 e. The van der Waals surface area contributed by atoms with E-state index in [1.165, 1.54) is 42.7 Å². The van der Waals surface area contributed by atoms with Crippen LogP contribution in [0.5, 0.6) is 0 Å². The van der Waals surface area contributed by atoms with E-state index in [-0.39, 0.29) is 12.5 Å². The van der Waals surface area contributed by atoms with E-state index < -0.39 is 10.0 Å². The summed E-state index contributed by atoms with van der Waals surface area (Å²) < 4.78 is 26.2. The summed E-state index contributed by atoms with van der Waals surface area (Å²) in [5.74, 6) is 0.494. The summed E-state index contributed by atoms with van der Waals surface area (Å²) in [6.07, 6.45) is 7.35. The number of aryl methyl sites for hydroxylation is 1. The molecule has 1 saturated carbocycles. The average molecular weight is 449 g/mol. The van der Waals surface area contributed by atoms with Crippen LogP contribution in [-0.4, -0.2) is 27.1 Å². The molecule has 162 valence electrons. The maximum absolute atomic E-state index is 12.4. The van der Waals surface area contributed by atoms with Gasteiger partial charge in [-0.2, -0.15) is 0 Å². The lowest BCUT2D eigenvalue weighted by atomic mass is 9.89. The Bertz CT molecular complexity index is 984. The number of carbonyl (C=O) groups is 1. The third-order valence-corrected chi connectivity index (χ3v) is 7.01.